The first kappa shape index (κ1) is 17.7. The third kappa shape index (κ3) is 4.00. The van der Waals surface area contributed by atoms with E-state index in [2.05, 4.69) is 20.5 Å². The van der Waals surface area contributed by atoms with E-state index < -0.39 is 5.25 Å². The van der Waals surface area contributed by atoms with Crippen LogP contribution in [0.1, 0.15) is 23.7 Å². The first-order valence-electron chi connectivity index (χ1n) is 8.64. The number of halogens is 1. The lowest BCUT2D eigenvalue weighted by Crippen LogP contribution is -2.30. The lowest BCUT2D eigenvalue weighted by atomic mass is 10.1. The molecule has 1 aliphatic rings. The molecule has 1 saturated carbocycles. The van der Waals surface area contributed by atoms with E-state index >= 15 is 0 Å². The highest BCUT2D eigenvalue weighted by atomic mass is 32.2. The highest BCUT2D eigenvalue weighted by Gasteiger charge is 2.30. The van der Waals surface area contributed by atoms with Gasteiger partial charge in [-0.3, -0.25) is 9.78 Å². The van der Waals surface area contributed by atoms with Crippen molar-refractivity contribution < 1.29 is 9.18 Å². The Morgan fingerprint density at radius 1 is 1.19 bits per heavy atom. The maximum Gasteiger partial charge on any atom is 0.238 e. The molecule has 1 N–H and O–H groups in total. The SMILES string of the molecule is Cn1c(SC(C(=O)NC2CC2)c2ccc(F)cc2)nnc1-c1ccncc1. The number of rotatable bonds is 6. The monoisotopic (exact) mass is 383 g/mol. The zero-order chi connectivity index (χ0) is 18.8. The van der Waals surface area contributed by atoms with Crippen LogP contribution >= 0.6 is 11.8 Å². The number of aromatic nitrogens is 4. The molecule has 27 heavy (non-hydrogen) atoms. The molecule has 1 aromatic carbocycles. The lowest BCUT2D eigenvalue weighted by Gasteiger charge is -2.16. The van der Waals surface area contributed by atoms with Gasteiger partial charge >= 0.3 is 0 Å². The number of hydrogen-bond acceptors (Lipinski definition) is 5. The van der Waals surface area contributed by atoms with Crippen LogP contribution in [0.3, 0.4) is 0 Å². The van der Waals surface area contributed by atoms with E-state index in [-0.39, 0.29) is 17.8 Å². The van der Waals surface area contributed by atoms with E-state index in [0.29, 0.717) is 11.0 Å². The normalized spacial score (nSPS) is 14.7. The number of amides is 1. The fraction of sp³-hybridized carbons (Fsp3) is 0.263. The summed E-state index contributed by atoms with van der Waals surface area (Å²) < 4.78 is 15.2. The minimum absolute atomic E-state index is 0.0948. The molecule has 0 bridgehead atoms. The van der Waals surface area contributed by atoms with Crippen molar-refractivity contribution in [2.45, 2.75) is 29.3 Å². The molecule has 0 saturated heterocycles. The molecule has 0 radical (unpaired) electrons. The molecule has 1 fully saturated rings. The Hall–Kier alpha value is -2.74. The number of benzene rings is 1. The summed E-state index contributed by atoms with van der Waals surface area (Å²) in [5, 5.41) is 11.6. The van der Waals surface area contributed by atoms with Gasteiger partial charge in [0.25, 0.3) is 0 Å². The number of nitrogens with one attached hydrogen (secondary N) is 1. The maximum atomic E-state index is 13.3. The minimum atomic E-state index is -0.528. The van der Waals surface area contributed by atoms with Crippen LogP contribution in [0.15, 0.2) is 53.9 Å². The van der Waals surface area contributed by atoms with Crippen molar-refractivity contribution in [3.63, 3.8) is 0 Å². The van der Waals surface area contributed by atoms with E-state index in [1.807, 2.05) is 23.7 Å². The summed E-state index contributed by atoms with van der Waals surface area (Å²) in [6, 6.07) is 9.97. The van der Waals surface area contributed by atoms with Crippen molar-refractivity contribution >= 4 is 17.7 Å². The van der Waals surface area contributed by atoms with Gasteiger partial charge in [0, 0.05) is 31.0 Å². The third-order valence-electron chi connectivity index (χ3n) is 4.33. The number of carbonyl (C=O) groups is 1. The van der Waals surface area contributed by atoms with E-state index in [4.69, 9.17) is 0 Å². The molecule has 0 aliphatic heterocycles. The number of thioether (sulfide) groups is 1. The van der Waals surface area contributed by atoms with Crippen molar-refractivity contribution in [2.75, 3.05) is 0 Å². The van der Waals surface area contributed by atoms with Crippen LogP contribution in [0.25, 0.3) is 11.4 Å². The molecule has 2 heterocycles. The standard InChI is InChI=1S/C19H18FN5OS/c1-25-17(13-8-10-21-11-9-13)23-24-19(25)27-16(18(26)22-15-6-7-15)12-2-4-14(20)5-3-12/h2-5,8-11,15-16H,6-7H2,1H3,(H,22,26). The van der Waals surface area contributed by atoms with Crippen molar-refractivity contribution in [1.82, 2.24) is 25.1 Å². The molecule has 138 valence electrons. The van der Waals surface area contributed by atoms with Crippen LogP contribution in [-0.4, -0.2) is 31.7 Å². The summed E-state index contributed by atoms with van der Waals surface area (Å²) >= 11 is 1.31. The summed E-state index contributed by atoms with van der Waals surface area (Å²) in [4.78, 5) is 16.8. The van der Waals surface area contributed by atoms with Gasteiger partial charge in [0.15, 0.2) is 11.0 Å². The Kier molecular flexibility index (Phi) is 4.89. The van der Waals surface area contributed by atoms with E-state index in [9.17, 15) is 9.18 Å². The second-order valence-corrected chi connectivity index (χ2v) is 7.51. The van der Waals surface area contributed by atoms with Gasteiger partial charge in [0.1, 0.15) is 11.1 Å². The zero-order valence-electron chi connectivity index (χ0n) is 14.7. The smallest absolute Gasteiger partial charge is 0.238 e. The van der Waals surface area contributed by atoms with Gasteiger partial charge in [-0.2, -0.15) is 0 Å². The fourth-order valence-electron chi connectivity index (χ4n) is 2.69. The molecule has 2 aromatic heterocycles. The Labute approximate surface area is 160 Å². The first-order valence-corrected chi connectivity index (χ1v) is 9.52. The molecule has 6 nitrogen and oxygen atoms in total. The molecular weight excluding hydrogens is 365 g/mol. The molecule has 8 heteroatoms. The predicted octanol–water partition coefficient (Wildman–Crippen LogP) is 3.13. The van der Waals surface area contributed by atoms with Crippen LogP contribution in [0.2, 0.25) is 0 Å². The molecule has 1 amide bonds. The van der Waals surface area contributed by atoms with Gasteiger partial charge in [-0.1, -0.05) is 23.9 Å². The van der Waals surface area contributed by atoms with E-state index in [1.165, 1.54) is 23.9 Å². The first-order chi connectivity index (χ1) is 13.1. The number of nitrogens with zero attached hydrogens (tertiary/aromatic N) is 4. The molecule has 3 aromatic rings. The van der Waals surface area contributed by atoms with Gasteiger partial charge < -0.3 is 9.88 Å². The summed E-state index contributed by atoms with van der Waals surface area (Å²) in [5.74, 6) is 0.270. The van der Waals surface area contributed by atoms with Crippen LogP contribution in [-0.2, 0) is 11.8 Å². The van der Waals surface area contributed by atoms with Crippen molar-refractivity contribution in [3.8, 4) is 11.4 Å². The largest absolute Gasteiger partial charge is 0.352 e. The summed E-state index contributed by atoms with van der Waals surface area (Å²) in [7, 11) is 1.86. The highest BCUT2D eigenvalue weighted by Crippen LogP contribution is 2.36. The summed E-state index contributed by atoms with van der Waals surface area (Å²) in [6.45, 7) is 0. The Morgan fingerprint density at radius 3 is 2.56 bits per heavy atom. The van der Waals surface area contributed by atoms with Gasteiger partial charge in [-0.15, -0.1) is 10.2 Å². The van der Waals surface area contributed by atoms with Crippen LogP contribution in [0.5, 0.6) is 0 Å². The number of carbonyl (C=O) groups excluding carboxylic acids is 1. The minimum Gasteiger partial charge on any atom is -0.352 e. The van der Waals surface area contributed by atoms with Gasteiger partial charge in [-0.05, 0) is 42.7 Å². The lowest BCUT2D eigenvalue weighted by molar-refractivity contribution is -0.120. The van der Waals surface area contributed by atoms with Crippen LogP contribution < -0.4 is 5.32 Å². The molecule has 1 unspecified atom stereocenters. The second kappa shape index (κ2) is 7.48. The molecule has 1 atom stereocenters. The van der Waals surface area contributed by atoms with Gasteiger partial charge in [0.05, 0.1) is 0 Å². The average Bonchev–Trinajstić information content (AvgIpc) is 3.42. The Bertz CT molecular complexity index is 940. The van der Waals surface area contributed by atoms with Crippen molar-refractivity contribution in [2.24, 2.45) is 7.05 Å². The Balaban J connectivity index is 1.62. The summed E-state index contributed by atoms with van der Waals surface area (Å²) in [6.07, 6.45) is 5.40. The average molecular weight is 383 g/mol. The fourth-order valence-corrected chi connectivity index (χ4v) is 3.70. The zero-order valence-corrected chi connectivity index (χ0v) is 15.5. The topological polar surface area (TPSA) is 72.7 Å². The van der Waals surface area contributed by atoms with Gasteiger partial charge in [-0.25, -0.2) is 4.39 Å². The van der Waals surface area contributed by atoms with Crippen LogP contribution in [0, 0.1) is 5.82 Å². The number of hydrogen-bond donors (Lipinski definition) is 1. The van der Waals surface area contributed by atoms with E-state index in [1.54, 1.807) is 24.5 Å². The molecule has 1 aliphatic carbocycles. The Morgan fingerprint density at radius 2 is 1.89 bits per heavy atom. The number of pyridine rings is 1. The van der Waals surface area contributed by atoms with Crippen LogP contribution in [0.4, 0.5) is 4.39 Å². The third-order valence-corrected chi connectivity index (χ3v) is 5.62. The molecule has 4 rings (SSSR count). The van der Waals surface area contributed by atoms with Crippen molar-refractivity contribution in [3.05, 3.63) is 60.2 Å². The van der Waals surface area contributed by atoms with Gasteiger partial charge in [0.2, 0.25) is 5.91 Å². The van der Waals surface area contributed by atoms with E-state index in [0.717, 1.165) is 24.0 Å². The maximum absolute atomic E-state index is 13.3. The quantitative estimate of drug-likeness (QED) is 0.662. The molecular formula is C19H18FN5OS. The second-order valence-electron chi connectivity index (χ2n) is 6.43. The predicted molar refractivity (Wildman–Crippen MR) is 100 cm³/mol. The van der Waals surface area contributed by atoms with Crippen molar-refractivity contribution in [1.29, 1.82) is 0 Å². The summed E-state index contributed by atoms with van der Waals surface area (Å²) in [5.41, 5.74) is 1.63. The highest BCUT2D eigenvalue weighted by molar-refractivity contribution is 8.00. The molecule has 0 spiro atoms.